The van der Waals surface area contributed by atoms with Gasteiger partial charge in [0.2, 0.25) is 5.13 Å². The van der Waals surface area contributed by atoms with E-state index in [1.807, 2.05) is 11.9 Å². The molecule has 1 aromatic carbocycles. The molecule has 2 rings (SSSR count). The smallest absolute Gasteiger partial charge is 0.227 e. The number of methoxy groups -OCH3 is 1. The number of nitrogens with zero attached hydrogens (tertiary/aromatic N) is 4. The van der Waals surface area contributed by atoms with Gasteiger partial charge >= 0.3 is 0 Å². The van der Waals surface area contributed by atoms with Gasteiger partial charge in [-0.3, -0.25) is 0 Å². The quantitative estimate of drug-likeness (QED) is 0.831. The molecule has 0 saturated carbocycles. The van der Waals surface area contributed by atoms with Crippen molar-refractivity contribution >= 4 is 16.7 Å². The third-order valence-corrected chi connectivity index (χ3v) is 2.98. The average molecular weight is 254 g/mol. The molecule has 0 fully saturated rings. The molecule has 0 saturated heterocycles. The van der Waals surface area contributed by atoms with Crippen molar-refractivity contribution in [2.45, 2.75) is 6.54 Å². The molecule has 17 heavy (non-hydrogen) atoms. The van der Waals surface area contributed by atoms with Gasteiger partial charge in [-0.25, -0.2) is 4.39 Å². The number of benzene rings is 1. The molecule has 1 heterocycles. The van der Waals surface area contributed by atoms with Crippen molar-refractivity contribution in [2.24, 2.45) is 0 Å². The molecule has 0 atom stereocenters. The van der Waals surface area contributed by atoms with Gasteiger partial charge in [-0.05, 0) is 23.4 Å². The first kappa shape index (κ1) is 11.7. The van der Waals surface area contributed by atoms with Crippen LogP contribution in [0.4, 0.5) is 9.52 Å². The van der Waals surface area contributed by atoms with E-state index in [2.05, 4.69) is 14.8 Å². The monoisotopic (exact) mass is 254 g/mol. The Bertz CT molecular complexity index is 491. The van der Waals surface area contributed by atoms with Crippen LogP contribution in [0.1, 0.15) is 5.56 Å². The first-order valence-corrected chi connectivity index (χ1v) is 5.66. The van der Waals surface area contributed by atoms with Gasteiger partial charge in [0.1, 0.15) is 11.6 Å². The van der Waals surface area contributed by atoms with Crippen molar-refractivity contribution in [2.75, 3.05) is 19.1 Å². The van der Waals surface area contributed by atoms with E-state index in [0.717, 1.165) is 5.56 Å². The molecule has 7 heteroatoms. The molecule has 0 amide bonds. The van der Waals surface area contributed by atoms with Gasteiger partial charge in [-0.1, -0.05) is 9.59 Å². The number of anilines is 1. The highest BCUT2D eigenvalue weighted by Crippen LogP contribution is 2.23. The minimum Gasteiger partial charge on any atom is -0.496 e. The largest absolute Gasteiger partial charge is 0.496 e. The third-order valence-electron chi connectivity index (χ3n) is 2.27. The van der Waals surface area contributed by atoms with Crippen LogP contribution in [0.3, 0.4) is 0 Å². The lowest BCUT2D eigenvalue weighted by Gasteiger charge is -2.16. The standard InChI is InChI=1S/C10H11FN4OS/c1-15(10-12-13-14-17-10)6-7-5-8(11)3-4-9(7)16-2/h3-5H,6H2,1-2H3. The summed E-state index contributed by atoms with van der Waals surface area (Å²) in [5.41, 5.74) is 0.755. The van der Waals surface area contributed by atoms with Gasteiger partial charge in [-0.2, -0.15) is 0 Å². The van der Waals surface area contributed by atoms with Crippen molar-refractivity contribution in [3.63, 3.8) is 0 Å². The lowest BCUT2D eigenvalue weighted by molar-refractivity contribution is 0.408. The number of ether oxygens (including phenoxy) is 1. The van der Waals surface area contributed by atoms with Crippen molar-refractivity contribution in [3.05, 3.63) is 29.6 Å². The van der Waals surface area contributed by atoms with E-state index in [4.69, 9.17) is 4.74 Å². The molecule has 0 aliphatic carbocycles. The van der Waals surface area contributed by atoms with Crippen molar-refractivity contribution < 1.29 is 9.13 Å². The summed E-state index contributed by atoms with van der Waals surface area (Å²) in [6.07, 6.45) is 0. The van der Waals surface area contributed by atoms with Gasteiger partial charge in [-0.15, -0.1) is 0 Å². The Morgan fingerprint density at radius 1 is 1.47 bits per heavy atom. The Balaban J connectivity index is 2.20. The molecule has 2 aromatic rings. The Morgan fingerprint density at radius 2 is 2.29 bits per heavy atom. The molecule has 90 valence electrons. The summed E-state index contributed by atoms with van der Waals surface area (Å²) in [7, 11) is 3.40. The van der Waals surface area contributed by atoms with Crippen molar-refractivity contribution in [1.82, 2.24) is 14.8 Å². The zero-order valence-electron chi connectivity index (χ0n) is 9.42. The van der Waals surface area contributed by atoms with Crippen LogP contribution >= 0.6 is 11.5 Å². The predicted octanol–water partition coefficient (Wildman–Crippen LogP) is 1.72. The first-order valence-electron chi connectivity index (χ1n) is 4.89. The van der Waals surface area contributed by atoms with Crippen LogP contribution < -0.4 is 9.64 Å². The highest BCUT2D eigenvalue weighted by molar-refractivity contribution is 7.09. The lowest BCUT2D eigenvalue weighted by atomic mass is 10.2. The zero-order chi connectivity index (χ0) is 12.3. The van der Waals surface area contributed by atoms with Gasteiger partial charge < -0.3 is 9.64 Å². The van der Waals surface area contributed by atoms with Crippen LogP contribution in [0, 0.1) is 5.82 Å². The second-order valence-corrected chi connectivity index (χ2v) is 4.17. The topological polar surface area (TPSA) is 51.1 Å². The van der Waals surface area contributed by atoms with Gasteiger partial charge in [0.05, 0.1) is 7.11 Å². The van der Waals surface area contributed by atoms with Gasteiger partial charge in [0.15, 0.2) is 0 Å². The molecular weight excluding hydrogens is 243 g/mol. The Labute approximate surface area is 102 Å². The van der Waals surface area contributed by atoms with Crippen LogP contribution in [0.5, 0.6) is 5.75 Å². The lowest BCUT2D eigenvalue weighted by Crippen LogP contribution is -2.16. The fraction of sp³-hybridized carbons (Fsp3) is 0.300. The molecule has 1 aromatic heterocycles. The van der Waals surface area contributed by atoms with E-state index in [9.17, 15) is 4.39 Å². The summed E-state index contributed by atoms with van der Waals surface area (Å²) in [4.78, 5) is 1.84. The zero-order valence-corrected chi connectivity index (χ0v) is 10.2. The highest BCUT2D eigenvalue weighted by Gasteiger charge is 2.10. The van der Waals surface area contributed by atoms with E-state index >= 15 is 0 Å². The van der Waals surface area contributed by atoms with Gasteiger partial charge in [0.25, 0.3) is 0 Å². The van der Waals surface area contributed by atoms with E-state index in [-0.39, 0.29) is 5.82 Å². The minimum absolute atomic E-state index is 0.287. The summed E-state index contributed by atoms with van der Waals surface area (Å²) in [5, 5.41) is 8.03. The molecule has 0 aliphatic rings. The Morgan fingerprint density at radius 3 is 2.94 bits per heavy atom. The molecule has 0 N–H and O–H groups in total. The SMILES string of the molecule is COc1ccc(F)cc1CN(C)c1nnns1. The molecule has 0 spiro atoms. The molecular formula is C10H11FN4OS. The third kappa shape index (κ3) is 2.68. The van der Waals surface area contributed by atoms with Crippen LogP contribution in [0.2, 0.25) is 0 Å². The van der Waals surface area contributed by atoms with E-state index in [1.54, 1.807) is 13.2 Å². The first-order chi connectivity index (χ1) is 8.20. The van der Waals surface area contributed by atoms with Crippen LogP contribution in [0.15, 0.2) is 18.2 Å². The Hall–Kier alpha value is -1.76. The predicted molar refractivity (Wildman–Crippen MR) is 62.8 cm³/mol. The number of halogens is 1. The maximum absolute atomic E-state index is 13.2. The van der Waals surface area contributed by atoms with E-state index in [1.165, 1.54) is 23.7 Å². The van der Waals surface area contributed by atoms with E-state index < -0.39 is 0 Å². The van der Waals surface area contributed by atoms with Crippen molar-refractivity contribution in [3.8, 4) is 5.75 Å². The maximum Gasteiger partial charge on any atom is 0.227 e. The summed E-state index contributed by atoms with van der Waals surface area (Å²) < 4.78 is 22.0. The molecule has 0 radical (unpaired) electrons. The van der Waals surface area contributed by atoms with Crippen LogP contribution in [-0.2, 0) is 6.54 Å². The molecule has 5 nitrogen and oxygen atoms in total. The number of hydrogen-bond acceptors (Lipinski definition) is 6. The second kappa shape index (κ2) is 5.05. The van der Waals surface area contributed by atoms with Gasteiger partial charge in [0, 0.05) is 30.7 Å². The molecule has 0 unspecified atom stereocenters. The summed E-state index contributed by atoms with van der Waals surface area (Å²) in [5.74, 6) is 0.361. The van der Waals surface area contributed by atoms with Crippen LogP contribution in [0.25, 0.3) is 0 Å². The van der Waals surface area contributed by atoms with E-state index in [0.29, 0.717) is 17.4 Å². The van der Waals surface area contributed by atoms with Crippen molar-refractivity contribution in [1.29, 1.82) is 0 Å². The number of hydrogen-bond donors (Lipinski definition) is 0. The average Bonchev–Trinajstić information content (AvgIpc) is 2.83. The Kier molecular flexibility index (Phi) is 3.48. The number of rotatable bonds is 4. The minimum atomic E-state index is -0.287. The van der Waals surface area contributed by atoms with Crippen LogP contribution in [-0.4, -0.2) is 29.0 Å². The highest BCUT2D eigenvalue weighted by atomic mass is 32.1. The summed E-state index contributed by atoms with van der Waals surface area (Å²) in [6.45, 7) is 0.484. The fourth-order valence-electron chi connectivity index (χ4n) is 1.47. The normalized spacial score (nSPS) is 10.3. The molecule has 0 aliphatic heterocycles. The summed E-state index contributed by atoms with van der Waals surface area (Å²) in [6, 6.07) is 4.43. The molecule has 0 bridgehead atoms. The maximum atomic E-state index is 13.2. The number of aromatic nitrogens is 3. The summed E-state index contributed by atoms with van der Waals surface area (Å²) >= 11 is 1.19. The second-order valence-electron chi connectivity index (χ2n) is 3.46. The fourth-order valence-corrected chi connectivity index (χ4v) is 1.89.